The molecule has 0 aromatic carbocycles. The van der Waals surface area contributed by atoms with Crippen LogP contribution in [0.1, 0.15) is 18.5 Å². The van der Waals surface area contributed by atoms with Crippen LogP contribution in [0.4, 0.5) is 5.13 Å². The number of hydrogen-bond donors (Lipinski definition) is 2. The van der Waals surface area contributed by atoms with Crippen molar-refractivity contribution in [1.82, 2.24) is 4.98 Å². The summed E-state index contributed by atoms with van der Waals surface area (Å²) in [5, 5.41) is 14.6. The van der Waals surface area contributed by atoms with E-state index >= 15 is 0 Å². The fourth-order valence-electron chi connectivity index (χ4n) is 1.36. The van der Waals surface area contributed by atoms with Crippen molar-refractivity contribution in [2.24, 2.45) is 5.92 Å². The fourth-order valence-corrected chi connectivity index (χ4v) is 2.09. The molecule has 1 unspecified atom stereocenters. The molecule has 0 bridgehead atoms. The molecular formula is C9H12N2O2S. The molecule has 4 nitrogen and oxygen atoms in total. The van der Waals surface area contributed by atoms with Crippen molar-refractivity contribution in [2.75, 3.05) is 5.32 Å². The van der Waals surface area contributed by atoms with Gasteiger partial charge in [0.15, 0.2) is 5.13 Å². The number of thiazole rings is 1. The number of carboxylic acid groups (broad SMARTS) is 1. The highest BCUT2D eigenvalue weighted by Gasteiger charge is 2.36. The number of hydrogen-bond acceptors (Lipinski definition) is 4. The van der Waals surface area contributed by atoms with E-state index in [1.165, 1.54) is 11.3 Å². The molecule has 0 amide bonds. The summed E-state index contributed by atoms with van der Waals surface area (Å²) >= 11 is 1.45. The molecule has 14 heavy (non-hydrogen) atoms. The Morgan fingerprint density at radius 2 is 2.50 bits per heavy atom. The maximum absolute atomic E-state index is 10.9. The van der Waals surface area contributed by atoms with E-state index in [-0.39, 0.29) is 5.92 Å². The number of aromatic nitrogens is 1. The minimum Gasteiger partial charge on any atom is -0.480 e. The van der Waals surface area contributed by atoms with Gasteiger partial charge >= 0.3 is 5.97 Å². The monoisotopic (exact) mass is 212 g/mol. The lowest BCUT2D eigenvalue weighted by molar-refractivity contribution is -0.138. The summed E-state index contributed by atoms with van der Waals surface area (Å²) < 4.78 is 0. The first-order valence-electron chi connectivity index (χ1n) is 4.58. The first-order valence-corrected chi connectivity index (χ1v) is 5.46. The zero-order valence-electron chi connectivity index (χ0n) is 7.86. The van der Waals surface area contributed by atoms with Crippen LogP contribution in [-0.2, 0) is 4.79 Å². The third kappa shape index (κ3) is 2.04. The van der Waals surface area contributed by atoms with Crippen LogP contribution in [0.3, 0.4) is 0 Å². The van der Waals surface area contributed by atoms with Crippen molar-refractivity contribution in [3.63, 3.8) is 0 Å². The first kappa shape index (κ1) is 9.45. The molecule has 1 aromatic rings. The van der Waals surface area contributed by atoms with E-state index in [2.05, 4.69) is 10.3 Å². The predicted octanol–water partition coefficient (Wildman–Crippen LogP) is 1.73. The lowest BCUT2D eigenvalue weighted by Crippen LogP contribution is -2.31. The first-order chi connectivity index (χ1) is 6.66. The summed E-state index contributed by atoms with van der Waals surface area (Å²) in [7, 11) is 0. The highest BCUT2D eigenvalue weighted by atomic mass is 32.1. The Hall–Kier alpha value is -1.10. The van der Waals surface area contributed by atoms with Gasteiger partial charge in [0.2, 0.25) is 0 Å². The van der Waals surface area contributed by atoms with E-state index in [9.17, 15) is 4.79 Å². The minimum atomic E-state index is -0.777. The molecule has 0 saturated heterocycles. The molecule has 76 valence electrons. The van der Waals surface area contributed by atoms with Crippen LogP contribution in [0.2, 0.25) is 0 Å². The van der Waals surface area contributed by atoms with Crippen LogP contribution in [0.15, 0.2) is 5.38 Å². The molecule has 1 atom stereocenters. The highest BCUT2D eigenvalue weighted by molar-refractivity contribution is 7.13. The minimum absolute atomic E-state index is 0.289. The van der Waals surface area contributed by atoms with Gasteiger partial charge in [0.05, 0.1) is 5.69 Å². The number of anilines is 1. The highest BCUT2D eigenvalue weighted by Crippen LogP contribution is 2.34. The Kier molecular flexibility index (Phi) is 2.41. The van der Waals surface area contributed by atoms with Crippen molar-refractivity contribution in [3.05, 3.63) is 11.1 Å². The smallest absolute Gasteiger partial charge is 0.326 e. The van der Waals surface area contributed by atoms with E-state index in [0.29, 0.717) is 5.13 Å². The maximum atomic E-state index is 10.9. The fraction of sp³-hybridized carbons (Fsp3) is 0.556. The van der Waals surface area contributed by atoms with Gasteiger partial charge in [-0.25, -0.2) is 9.78 Å². The molecular weight excluding hydrogens is 200 g/mol. The molecule has 1 aliphatic carbocycles. The normalized spacial score (nSPS) is 17.8. The van der Waals surface area contributed by atoms with Gasteiger partial charge in [0.25, 0.3) is 0 Å². The molecule has 2 N–H and O–H groups in total. The molecule has 1 heterocycles. The Labute approximate surface area is 86.0 Å². The van der Waals surface area contributed by atoms with Crippen LogP contribution in [0, 0.1) is 12.8 Å². The third-order valence-electron chi connectivity index (χ3n) is 2.26. The Morgan fingerprint density at radius 3 is 2.93 bits per heavy atom. The number of nitrogens with zero attached hydrogens (tertiary/aromatic N) is 1. The number of aryl methyl sites for hydroxylation is 1. The Morgan fingerprint density at radius 1 is 1.79 bits per heavy atom. The molecule has 1 fully saturated rings. The van der Waals surface area contributed by atoms with E-state index < -0.39 is 12.0 Å². The van der Waals surface area contributed by atoms with Gasteiger partial charge in [-0.3, -0.25) is 0 Å². The Bertz CT molecular complexity index is 346. The Balaban J connectivity index is 2.03. The van der Waals surface area contributed by atoms with Gasteiger partial charge in [0, 0.05) is 5.38 Å². The topological polar surface area (TPSA) is 62.2 Å². The number of rotatable bonds is 4. The molecule has 5 heteroatoms. The van der Waals surface area contributed by atoms with E-state index in [0.717, 1.165) is 18.5 Å². The van der Waals surface area contributed by atoms with Crippen molar-refractivity contribution in [1.29, 1.82) is 0 Å². The number of aliphatic carboxylic acids is 1. The molecule has 0 aliphatic heterocycles. The summed E-state index contributed by atoms with van der Waals surface area (Å²) in [6.45, 7) is 1.90. The van der Waals surface area contributed by atoms with Gasteiger partial charge < -0.3 is 10.4 Å². The number of nitrogens with one attached hydrogen (secondary N) is 1. The van der Waals surface area contributed by atoms with Crippen LogP contribution in [-0.4, -0.2) is 22.1 Å². The van der Waals surface area contributed by atoms with E-state index in [1.54, 1.807) is 0 Å². The zero-order chi connectivity index (χ0) is 10.1. The van der Waals surface area contributed by atoms with Crippen LogP contribution in [0.25, 0.3) is 0 Å². The summed E-state index contributed by atoms with van der Waals surface area (Å²) in [4.78, 5) is 15.1. The van der Waals surface area contributed by atoms with Crippen LogP contribution in [0.5, 0.6) is 0 Å². The van der Waals surface area contributed by atoms with E-state index in [1.807, 2.05) is 12.3 Å². The lowest BCUT2D eigenvalue weighted by Gasteiger charge is -2.11. The number of carbonyl (C=O) groups is 1. The van der Waals surface area contributed by atoms with Crippen molar-refractivity contribution < 1.29 is 9.90 Å². The van der Waals surface area contributed by atoms with Gasteiger partial charge in [-0.15, -0.1) is 11.3 Å². The van der Waals surface area contributed by atoms with Crippen molar-refractivity contribution >= 4 is 22.4 Å². The van der Waals surface area contributed by atoms with Crippen LogP contribution >= 0.6 is 11.3 Å². The second-order valence-corrected chi connectivity index (χ2v) is 4.45. The second-order valence-electron chi connectivity index (χ2n) is 3.59. The van der Waals surface area contributed by atoms with Crippen LogP contribution < -0.4 is 5.32 Å². The lowest BCUT2D eigenvalue weighted by atomic mass is 10.2. The molecule has 1 saturated carbocycles. The summed E-state index contributed by atoms with van der Waals surface area (Å²) in [6, 6.07) is -0.458. The standard InChI is InChI=1S/C9H12N2O2S/c1-5-4-14-9(10-5)11-7(8(12)13)6-2-3-6/h4,6-7H,2-3H2,1H3,(H,10,11)(H,12,13). The zero-order valence-corrected chi connectivity index (χ0v) is 8.67. The van der Waals surface area contributed by atoms with Gasteiger partial charge in [-0.05, 0) is 25.7 Å². The van der Waals surface area contributed by atoms with Crippen molar-refractivity contribution in [3.8, 4) is 0 Å². The summed E-state index contributed by atoms with van der Waals surface area (Å²) in [5.41, 5.74) is 0.928. The maximum Gasteiger partial charge on any atom is 0.326 e. The molecule has 1 aromatic heterocycles. The van der Waals surface area contributed by atoms with Crippen molar-refractivity contribution in [2.45, 2.75) is 25.8 Å². The van der Waals surface area contributed by atoms with Gasteiger partial charge in [0.1, 0.15) is 6.04 Å². The molecule has 2 rings (SSSR count). The molecule has 0 radical (unpaired) electrons. The summed E-state index contributed by atoms with van der Waals surface area (Å²) in [5.74, 6) is -0.489. The van der Waals surface area contributed by atoms with Gasteiger partial charge in [-0.1, -0.05) is 0 Å². The van der Waals surface area contributed by atoms with Gasteiger partial charge in [-0.2, -0.15) is 0 Å². The average molecular weight is 212 g/mol. The third-order valence-corrected chi connectivity index (χ3v) is 3.15. The SMILES string of the molecule is Cc1csc(NC(C(=O)O)C2CC2)n1. The average Bonchev–Trinajstić information content (AvgIpc) is 2.86. The molecule has 0 spiro atoms. The second kappa shape index (κ2) is 3.57. The predicted molar refractivity (Wildman–Crippen MR) is 54.6 cm³/mol. The van der Waals surface area contributed by atoms with E-state index in [4.69, 9.17) is 5.11 Å². The number of carboxylic acids is 1. The summed E-state index contributed by atoms with van der Waals surface area (Å²) in [6.07, 6.45) is 2.02. The molecule has 1 aliphatic rings. The quantitative estimate of drug-likeness (QED) is 0.797. The largest absolute Gasteiger partial charge is 0.480 e.